The molecule has 76 valence electrons. The topological polar surface area (TPSA) is 60.9 Å². The average molecular weight is 188 g/mol. The van der Waals surface area contributed by atoms with E-state index >= 15 is 0 Å². The first-order chi connectivity index (χ1) is 5.86. The lowest BCUT2D eigenvalue weighted by Crippen LogP contribution is -2.37. The van der Waals surface area contributed by atoms with Gasteiger partial charge in [0.25, 0.3) is 5.91 Å². The summed E-state index contributed by atoms with van der Waals surface area (Å²) in [5.41, 5.74) is 0. The number of carbonyl (C=O) groups is 2. The minimum atomic E-state index is -1.23. The molecule has 0 saturated carbocycles. The number of hydrogen-bond acceptors (Lipinski definition) is 3. The fourth-order valence-corrected chi connectivity index (χ4v) is 0.733. The van der Waals surface area contributed by atoms with Gasteiger partial charge in [0.15, 0.2) is 0 Å². The van der Waals surface area contributed by atoms with Gasteiger partial charge in [0.05, 0.1) is 6.42 Å². The van der Waals surface area contributed by atoms with E-state index in [-0.39, 0.29) is 12.3 Å². The van der Waals surface area contributed by atoms with Gasteiger partial charge in [-0.05, 0) is 0 Å². The maximum atomic E-state index is 11.1. The predicted octanol–water partition coefficient (Wildman–Crippen LogP) is -1.09. The van der Waals surface area contributed by atoms with Gasteiger partial charge in [0.2, 0.25) is 5.91 Å². The maximum absolute atomic E-state index is 11.1. The summed E-state index contributed by atoms with van der Waals surface area (Å²) in [5.74, 6) is -0.710. The number of aliphatic hydroxyl groups is 1. The van der Waals surface area contributed by atoms with Crippen molar-refractivity contribution in [3.63, 3.8) is 0 Å². The van der Waals surface area contributed by atoms with Crippen molar-refractivity contribution in [3.05, 3.63) is 0 Å². The molecule has 5 nitrogen and oxygen atoms in total. The van der Waals surface area contributed by atoms with Crippen molar-refractivity contribution in [2.45, 2.75) is 12.5 Å². The summed E-state index contributed by atoms with van der Waals surface area (Å²) in [7, 11) is 6.22. The zero-order valence-electron chi connectivity index (χ0n) is 8.44. The molecular formula is C8H16N2O3. The highest BCUT2D eigenvalue weighted by Gasteiger charge is 2.20. The molecule has 2 amide bonds. The van der Waals surface area contributed by atoms with Crippen LogP contribution in [0.2, 0.25) is 0 Å². The molecule has 0 aromatic carbocycles. The summed E-state index contributed by atoms with van der Waals surface area (Å²) in [5, 5.41) is 9.27. The van der Waals surface area contributed by atoms with Gasteiger partial charge in [-0.2, -0.15) is 0 Å². The maximum Gasteiger partial charge on any atom is 0.251 e. The molecule has 1 atom stereocenters. The molecule has 0 fully saturated rings. The van der Waals surface area contributed by atoms with E-state index in [1.165, 1.54) is 23.9 Å². The molecule has 0 aromatic rings. The molecule has 0 rings (SSSR count). The molecule has 5 heteroatoms. The molecule has 13 heavy (non-hydrogen) atoms. The van der Waals surface area contributed by atoms with Crippen molar-refractivity contribution >= 4 is 11.8 Å². The number of nitrogens with zero attached hydrogens (tertiary/aromatic N) is 2. The number of amides is 2. The smallest absolute Gasteiger partial charge is 0.251 e. The van der Waals surface area contributed by atoms with E-state index in [2.05, 4.69) is 0 Å². The van der Waals surface area contributed by atoms with Crippen molar-refractivity contribution in [3.8, 4) is 0 Å². The van der Waals surface area contributed by atoms with E-state index in [1.54, 1.807) is 14.1 Å². The van der Waals surface area contributed by atoms with Crippen LogP contribution in [-0.2, 0) is 9.59 Å². The Morgan fingerprint density at radius 2 is 1.62 bits per heavy atom. The van der Waals surface area contributed by atoms with E-state index in [1.807, 2.05) is 0 Å². The highest BCUT2D eigenvalue weighted by molar-refractivity contribution is 5.86. The molecule has 0 aliphatic heterocycles. The Labute approximate surface area is 77.9 Å². The Morgan fingerprint density at radius 1 is 1.15 bits per heavy atom. The summed E-state index contributed by atoms with van der Waals surface area (Å²) in [6, 6.07) is 0. The zero-order valence-corrected chi connectivity index (χ0v) is 8.44. The van der Waals surface area contributed by atoms with Crippen LogP contribution in [0.25, 0.3) is 0 Å². The largest absolute Gasteiger partial charge is 0.383 e. The third-order valence-electron chi connectivity index (χ3n) is 1.59. The standard InChI is InChI=1S/C8H16N2O3/c1-9(2)7(12)5-6(11)8(13)10(3)4/h6,11H,5H2,1-4H3. The first-order valence-corrected chi connectivity index (χ1v) is 3.95. The monoisotopic (exact) mass is 188 g/mol. The summed E-state index contributed by atoms with van der Waals surface area (Å²) < 4.78 is 0. The third-order valence-corrected chi connectivity index (χ3v) is 1.59. The third kappa shape index (κ3) is 3.89. The molecule has 0 aromatic heterocycles. The second kappa shape index (κ2) is 4.81. The molecule has 0 radical (unpaired) electrons. The number of hydrogen-bond donors (Lipinski definition) is 1. The van der Waals surface area contributed by atoms with Gasteiger partial charge in [0, 0.05) is 28.2 Å². The molecule has 0 spiro atoms. The minimum Gasteiger partial charge on any atom is -0.383 e. The highest BCUT2D eigenvalue weighted by Crippen LogP contribution is 1.98. The van der Waals surface area contributed by atoms with Gasteiger partial charge in [-0.1, -0.05) is 0 Å². The highest BCUT2D eigenvalue weighted by atomic mass is 16.3. The first-order valence-electron chi connectivity index (χ1n) is 3.95. The zero-order chi connectivity index (χ0) is 10.6. The van der Waals surface area contributed by atoms with Crippen molar-refractivity contribution in [2.75, 3.05) is 28.2 Å². The van der Waals surface area contributed by atoms with E-state index in [0.717, 1.165) is 0 Å². The van der Waals surface area contributed by atoms with Gasteiger partial charge in [-0.15, -0.1) is 0 Å². The second-order valence-electron chi connectivity index (χ2n) is 3.24. The van der Waals surface area contributed by atoms with Crippen LogP contribution in [0.4, 0.5) is 0 Å². The fraction of sp³-hybridized carbons (Fsp3) is 0.750. The average Bonchev–Trinajstić information content (AvgIpc) is 2.02. The Kier molecular flexibility index (Phi) is 4.40. The van der Waals surface area contributed by atoms with E-state index in [9.17, 15) is 14.7 Å². The summed E-state index contributed by atoms with van der Waals surface area (Å²) in [6.45, 7) is 0. The molecule has 0 aliphatic rings. The first kappa shape index (κ1) is 11.9. The van der Waals surface area contributed by atoms with Crippen LogP contribution < -0.4 is 0 Å². The normalized spacial score (nSPS) is 12.1. The molecular weight excluding hydrogens is 172 g/mol. The van der Waals surface area contributed by atoms with Crippen LogP contribution >= 0.6 is 0 Å². The molecule has 0 bridgehead atoms. The van der Waals surface area contributed by atoms with E-state index in [4.69, 9.17) is 0 Å². The lowest BCUT2D eigenvalue weighted by Gasteiger charge is -2.17. The lowest BCUT2D eigenvalue weighted by atomic mass is 10.2. The van der Waals surface area contributed by atoms with Crippen molar-refractivity contribution in [1.29, 1.82) is 0 Å². The van der Waals surface area contributed by atoms with Crippen molar-refractivity contribution in [2.24, 2.45) is 0 Å². The Balaban J connectivity index is 4.08. The van der Waals surface area contributed by atoms with Crippen LogP contribution in [0.15, 0.2) is 0 Å². The number of rotatable bonds is 3. The Morgan fingerprint density at radius 3 is 1.92 bits per heavy atom. The van der Waals surface area contributed by atoms with Crippen LogP contribution in [-0.4, -0.2) is 61.0 Å². The van der Waals surface area contributed by atoms with Gasteiger partial charge in [-0.3, -0.25) is 9.59 Å². The van der Waals surface area contributed by atoms with Crippen LogP contribution in [0.1, 0.15) is 6.42 Å². The van der Waals surface area contributed by atoms with Crippen LogP contribution in [0.3, 0.4) is 0 Å². The van der Waals surface area contributed by atoms with Crippen LogP contribution in [0.5, 0.6) is 0 Å². The molecule has 1 N–H and O–H groups in total. The quantitative estimate of drug-likeness (QED) is 0.612. The van der Waals surface area contributed by atoms with Gasteiger partial charge in [0.1, 0.15) is 6.10 Å². The Hall–Kier alpha value is -1.10. The van der Waals surface area contributed by atoms with E-state index < -0.39 is 12.0 Å². The summed E-state index contributed by atoms with van der Waals surface area (Å²) in [4.78, 5) is 24.8. The summed E-state index contributed by atoms with van der Waals surface area (Å²) >= 11 is 0. The molecule has 0 saturated heterocycles. The fourth-order valence-electron chi connectivity index (χ4n) is 0.733. The van der Waals surface area contributed by atoms with Gasteiger partial charge >= 0.3 is 0 Å². The molecule has 0 heterocycles. The van der Waals surface area contributed by atoms with Crippen LogP contribution in [0, 0.1) is 0 Å². The lowest BCUT2D eigenvalue weighted by molar-refractivity contribution is -0.143. The summed E-state index contributed by atoms with van der Waals surface area (Å²) in [6.07, 6.45) is -1.39. The van der Waals surface area contributed by atoms with Gasteiger partial charge in [-0.25, -0.2) is 0 Å². The number of carbonyl (C=O) groups excluding carboxylic acids is 2. The molecule has 1 unspecified atom stereocenters. The SMILES string of the molecule is CN(C)C(=O)CC(O)C(=O)N(C)C. The van der Waals surface area contributed by atoms with Crippen molar-refractivity contribution < 1.29 is 14.7 Å². The predicted molar refractivity (Wildman–Crippen MR) is 48.0 cm³/mol. The number of likely N-dealkylation sites (N-methyl/N-ethyl adjacent to an activating group) is 1. The van der Waals surface area contributed by atoms with E-state index in [0.29, 0.717) is 0 Å². The second-order valence-corrected chi connectivity index (χ2v) is 3.24. The molecule has 0 aliphatic carbocycles. The Bertz CT molecular complexity index is 202. The minimum absolute atomic E-state index is 0.163. The van der Waals surface area contributed by atoms with Gasteiger partial charge < -0.3 is 14.9 Å². The van der Waals surface area contributed by atoms with Crippen molar-refractivity contribution in [1.82, 2.24) is 9.80 Å². The number of aliphatic hydroxyl groups excluding tert-OH is 1.